The van der Waals surface area contributed by atoms with Crippen LogP contribution >= 0.6 is 0 Å². The minimum Gasteiger partial charge on any atom is -0.378 e. The quantitative estimate of drug-likeness (QED) is 0.788. The summed E-state index contributed by atoms with van der Waals surface area (Å²) in [4.78, 5) is 2.46. The first kappa shape index (κ1) is 14.3. The van der Waals surface area contributed by atoms with Crippen molar-refractivity contribution in [3.63, 3.8) is 0 Å². The number of nitrogens with one attached hydrogen (secondary N) is 1. The maximum absolute atomic E-state index is 5.62. The Morgan fingerprint density at radius 3 is 2.39 bits per heavy atom. The third-order valence-electron chi connectivity index (χ3n) is 4.95. The smallest absolute Gasteiger partial charge is 0.0604 e. The maximum Gasteiger partial charge on any atom is 0.0604 e. The number of rotatable bonds is 6. The number of likely N-dealkylation sites (N-methyl/N-ethyl adjacent to an activating group) is 1. The van der Waals surface area contributed by atoms with Crippen LogP contribution < -0.4 is 5.32 Å². The third kappa shape index (κ3) is 3.25. The van der Waals surface area contributed by atoms with Gasteiger partial charge in [-0.15, -0.1) is 0 Å². The maximum atomic E-state index is 5.62. The first-order valence-electron chi connectivity index (χ1n) is 7.69. The summed E-state index contributed by atoms with van der Waals surface area (Å²) in [6.07, 6.45) is 9.86. The van der Waals surface area contributed by atoms with Crippen molar-refractivity contribution in [2.45, 2.75) is 69.6 Å². The molecule has 0 aliphatic heterocycles. The second-order valence-corrected chi connectivity index (χ2v) is 6.31. The van der Waals surface area contributed by atoms with Crippen LogP contribution in [0.2, 0.25) is 0 Å². The summed E-state index contributed by atoms with van der Waals surface area (Å²) in [6.45, 7) is 4.10. The summed E-state index contributed by atoms with van der Waals surface area (Å²) >= 11 is 0. The van der Waals surface area contributed by atoms with Crippen LogP contribution in [0, 0.1) is 0 Å². The van der Waals surface area contributed by atoms with E-state index in [0.717, 1.165) is 13.2 Å². The van der Waals surface area contributed by atoms with Crippen molar-refractivity contribution in [2.75, 3.05) is 27.2 Å². The highest BCUT2D eigenvalue weighted by atomic mass is 16.5. The summed E-state index contributed by atoms with van der Waals surface area (Å²) in [5, 5.41) is 3.78. The summed E-state index contributed by atoms with van der Waals surface area (Å²) in [6, 6.07) is 0.695. The number of hydrogen-bond acceptors (Lipinski definition) is 3. The number of ether oxygens (including phenoxy) is 1. The van der Waals surface area contributed by atoms with Crippen molar-refractivity contribution in [1.82, 2.24) is 10.2 Å². The van der Waals surface area contributed by atoms with E-state index in [9.17, 15) is 0 Å². The van der Waals surface area contributed by atoms with E-state index in [2.05, 4.69) is 31.2 Å². The zero-order chi connectivity index (χ0) is 13.0. The Hall–Kier alpha value is -0.120. The second-order valence-electron chi connectivity index (χ2n) is 6.31. The van der Waals surface area contributed by atoms with E-state index in [1.165, 1.54) is 44.9 Å². The van der Waals surface area contributed by atoms with Gasteiger partial charge in [0, 0.05) is 24.7 Å². The molecule has 0 radical (unpaired) electrons. The van der Waals surface area contributed by atoms with E-state index in [0.29, 0.717) is 17.7 Å². The molecule has 0 amide bonds. The normalized spacial score (nSPS) is 31.3. The molecular formula is C15H30N2O. The van der Waals surface area contributed by atoms with Gasteiger partial charge in [0.2, 0.25) is 0 Å². The largest absolute Gasteiger partial charge is 0.378 e. The molecule has 2 saturated carbocycles. The molecule has 0 bridgehead atoms. The van der Waals surface area contributed by atoms with Crippen molar-refractivity contribution < 1.29 is 4.74 Å². The Morgan fingerprint density at radius 2 is 1.83 bits per heavy atom. The Morgan fingerprint density at radius 1 is 1.17 bits per heavy atom. The highest BCUT2D eigenvalue weighted by molar-refractivity contribution is 4.95. The van der Waals surface area contributed by atoms with E-state index in [1.807, 2.05) is 0 Å². The molecule has 0 saturated heterocycles. The van der Waals surface area contributed by atoms with Crippen LogP contribution in [-0.4, -0.2) is 49.8 Å². The second kappa shape index (κ2) is 6.36. The molecule has 2 fully saturated rings. The van der Waals surface area contributed by atoms with E-state index < -0.39 is 0 Å². The van der Waals surface area contributed by atoms with Crippen molar-refractivity contribution in [3.05, 3.63) is 0 Å². The van der Waals surface area contributed by atoms with Gasteiger partial charge in [0.25, 0.3) is 0 Å². The van der Waals surface area contributed by atoms with Crippen molar-refractivity contribution >= 4 is 0 Å². The molecule has 0 aromatic carbocycles. The van der Waals surface area contributed by atoms with E-state index in [-0.39, 0.29) is 0 Å². The standard InChI is InChI=1S/C15H30N2O/c1-4-18-14-10-13(11-14)16-12-15(17(2)3)8-6-5-7-9-15/h13-14,16H,4-12H2,1-3H3. The summed E-state index contributed by atoms with van der Waals surface area (Å²) in [5.74, 6) is 0. The molecule has 3 heteroatoms. The van der Waals surface area contributed by atoms with Crippen LogP contribution in [0.3, 0.4) is 0 Å². The molecule has 3 nitrogen and oxygen atoms in total. The van der Waals surface area contributed by atoms with Crippen molar-refractivity contribution in [2.24, 2.45) is 0 Å². The van der Waals surface area contributed by atoms with Crippen LogP contribution in [0.4, 0.5) is 0 Å². The summed E-state index contributed by atoms with van der Waals surface area (Å²) in [5.41, 5.74) is 0.412. The van der Waals surface area contributed by atoms with Crippen LogP contribution in [0.25, 0.3) is 0 Å². The topological polar surface area (TPSA) is 24.5 Å². The highest BCUT2D eigenvalue weighted by Gasteiger charge is 2.36. The van der Waals surface area contributed by atoms with Crippen LogP contribution in [0.5, 0.6) is 0 Å². The highest BCUT2D eigenvalue weighted by Crippen LogP contribution is 2.32. The van der Waals surface area contributed by atoms with E-state index >= 15 is 0 Å². The zero-order valence-corrected chi connectivity index (χ0v) is 12.4. The Labute approximate surface area is 112 Å². The SMILES string of the molecule is CCOC1CC(NCC2(N(C)C)CCCCC2)C1. The van der Waals surface area contributed by atoms with Gasteiger partial charge in [-0.2, -0.15) is 0 Å². The molecule has 0 unspecified atom stereocenters. The first-order valence-corrected chi connectivity index (χ1v) is 7.69. The van der Waals surface area contributed by atoms with Crippen LogP contribution in [0.15, 0.2) is 0 Å². The molecular weight excluding hydrogens is 224 g/mol. The Balaban J connectivity index is 1.74. The molecule has 0 aromatic rings. The van der Waals surface area contributed by atoms with Crippen molar-refractivity contribution in [1.29, 1.82) is 0 Å². The average Bonchev–Trinajstić information content (AvgIpc) is 2.33. The lowest BCUT2D eigenvalue weighted by Crippen LogP contribution is -2.57. The van der Waals surface area contributed by atoms with E-state index in [1.54, 1.807) is 0 Å². The predicted octanol–water partition coefficient (Wildman–Crippen LogP) is 2.41. The Kier molecular flexibility index (Phi) is 5.05. The number of hydrogen-bond donors (Lipinski definition) is 1. The fourth-order valence-electron chi connectivity index (χ4n) is 3.43. The molecule has 0 heterocycles. The molecule has 1 N–H and O–H groups in total. The van der Waals surface area contributed by atoms with Gasteiger partial charge in [0.1, 0.15) is 0 Å². The molecule has 0 atom stereocenters. The zero-order valence-electron chi connectivity index (χ0n) is 12.4. The molecule has 18 heavy (non-hydrogen) atoms. The Bertz CT molecular complexity index is 243. The molecule has 106 valence electrons. The van der Waals surface area contributed by atoms with Crippen LogP contribution in [-0.2, 0) is 4.74 Å². The monoisotopic (exact) mass is 254 g/mol. The van der Waals surface area contributed by atoms with Gasteiger partial charge in [0.15, 0.2) is 0 Å². The average molecular weight is 254 g/mol. The van der Waals surface area contributed by atoms with Crippen LogP contribution in [0.1, 0.15) is 51.9 Å². The molecule has 2 aliphatic rings. The number of nitrogens with zero attached hydrogens (tertiary/aromatic N) is 1. The lowest BCUT2D eigenvalue weighted by molar-refractivity contribution is -0.0149. The fraction of sp³-hybridized carbons (Fsp3) is 1.00. The van der Waals surface area contributed by atoms with Gasteiger partial charge in [-0.1, -0.05) is 19.3 Å². The van der Waals surface area contributed by atoms with Gasteiger partial charge in [-0.3, -0.25) is 0 Å². The van der Waals surface area contributed by atoms with Gasteiger partial charge in [0.05, 0.1) is 6.10 Å². The third-order valence-corrected chi connectivity index (χ3v) is 4.95. The minimum absolute atomic E-state index is 0.412. The lowest BCUT2D eigenvalue weighted by Gasteiger charge is -2.45. The predicted molar refractivity (Wildman–Crippen MR) is 75.9 cm³/mol. The summed E-state index contributed by atoms with van der Waals surface area (Å²) < 4.78 is 5.62. The molecule has 2 aliphatic carbocycles. The fourth-order valence-corrected chi connectivity index (χ4v) is 3.43. The molecule has 0 aromatic heterocycles. The van der Waals surface area contributed by atoms with Gasteiger partial charge in [-0.25, -0.2) is 0 Å². The lowest BCUT2D eigenvalue weighted by atomic mass is 9.79. The van der Waals surface area contributed by atoms with Crippen molar-refractivity contribution in [3.8, 4) is 0 Å². The summed E-state index contributed by atoms with van der Waals surface area (Å²) in [7, 11) is 4.49. The van der Waals surface area contributed by atoms with Gasteiger partial charge >= 0.3 is 0 Å². The van der Waals surface area contributed by atoms with Gasteiger partial charge in [-0.05, 0) is 46.7 Å². The van der Waals surface area contributed by atoms with Gasteiger partial charge < -0.3 is 15.0 Å². The minimum atomic E-state index is 0.412. The van der Waals surface area contributed by atoms with E-state index in [4.69, 9.17) is 4.74 Å². The molecule has 2 rings (SSSR count). The first-order chi connectivity index (χ1) is 8.66. The molecule has 0 spiro atoms.